The van der Waals surface area contributed by atoms with Gasteiger partial charge in [0.05, 0.1) is 6.61 Å². The number of hydrogen-bond donors (Lipinski definition) is 2. The molecule has 0 amide bonds. The van der Waals surface area contributed by atoms with Gasteiger partial charge in [0.2, 0.25) is 0 Å². The highest BCUT2D eigenvalue weighted by Gasteiger charge is 2.19. The average Bonchev–Trinajstić information content (AvgIpc) is 1.98. The number of aliphatic hydroxyl groups is 2. The predicted molar refractivity (Wildman–Crippen MR) is 44.5 cm³/mol. The van der Waals surface area contributed by atoms with Crippen LogP contribution in [-0.2, 0) is 9.47 Å². The summed E-state index contributed by atoms with van der Waals surface area (Å²) in [5.74, 6) is -1.48. The van der Waals surface area contributed by atoms with Crippen molar-refractivity contribution in [2.75, 3.05) is 19.8 Å². The van der Waals surface area contributed by atoms with Crippen LogP contribution in [0.15, 0.2) is 0 Å². The first-order valence-corrected chi connectivity index (χ1v) is 4.23. The summed E-state index contributed by atoms with van der Waals surface area (Å²) in [6.45, 7) is 4.20. The van der Waals surface area contributed by atoms with Gasteiger partial charge in [-0.3, -0.25) is 0 Å². The summed E-state index contributed by atoms with van der Waals surface area (Å²) < 4.78 is 9.87. The molecule has 1 atom stereocenters. The minimum atomic E-state index is -1.48. The molecule has 0 spiro atoms. The normalized spacial score (nSPS) is 16.0. The lowest BCUT2D eigenvalue weighted by molar-refractivity contribution is -0.347. The van der Waals surface area contributed by atoms with Crippen molar-refractivity contribution in [3.05, 3.63) is 0 Å². The molecule has 4 nitrogen and oxygen atoms in total. The summed E-state index contributed by atoms with van der Waals surface area (Å²) in [6.07, 6.45) is 1.40. The van der Waals surface area contributed by atoms with Crippen LogP contribution in [0.5, 0.6) is 0 Å². The van der Waals surface area contributed by atoms with Crippen LogP contribution in [0.2, 0.25) is 0 Å². The SMILES string of the molecule is CCOC(C)(O)OCCCCO. The summed E-state index contributed by atoms with van der Waals surface area (Å²) in [4.78, 5) is 0. The summed E-state index contributed by atoms with van der Waals surface area (Å²) >= 11 is 0. The zero-order chi connectivity index (χ0) is 9.45. The number of unbranched alkanes of at least 4 members (excludes halogenated alkanes) is 1. The van der Waals surface area contributed by atoms with E-state index >= 15 is 0 Å². The van der Waals surface area contributed by atoms with Gasteiger partial charge in [-0.05, 0) is 19.8 Å². The molecule has 0 aliphatic rings. The van der Waals surface area contributed by atoms with Gasteiger partial charge in [0.25, 0.3) is 5.97 Å². The number of rotatable bonds is 7. The molecule has 0 heterocycles. The number of aliphatic hydroxyl groups excluding tert-OH is 1. The summed E-state index contributed by atoms with van der Waals surface area (Å²) in [5.41, 5.74) is 0. The van der Waals surface area contributed by atoms with Crippen LogP contribution in [0.1, 0.15) is 26.7 Å². The zero-order valence-corrected chi connectivity index (χ0v) is 7.75. The Hall–Kier alpha value is -0.160. The first kappa shape index (κ1) is 11.8. The molecular weight excluding hydrogens is 160 g/mol. The molecule has 0 saturated heterocycles. The van der Waals surface area contributed by atoms with Crippen LogP contribution in [0.25, 0.3) is 0 Å². The smallest absolute Gasteiger partial charge is 0.277 e. The topological polar surface area (TPSA) is 58.9 Å². The van der Waals surface area contributed by atoms with Crippen LogP contribution in [0.3, 0.4) is 0 Å². The first-order chi connectivity index (χ1) is 5.62. The molecular formula is C8H18O4. The molecule has 74 valence electrons. The minimum Gasteiger partial charge on any atom is -0.396 e. The molecule has 1 unspecified atom stereocenters. The molecule has 4 heteroatoms. The van der Waals surface area contributed by atoms with Crippen molar-refractivity contribution < 1.29 is 19.7 Å². The van der Waals surface area contributed by atoms with Gasteiger partial charge in [0.1, 0.15) is 0 Å². The highest BCUT2D eigenvalue weighted by atomic mass is 16.8. The summed E-state index contributed by atoms with van der Waals surface area (Å²) in [7, 11) is 0. The van der Waals surface area contributed by atoms with Crippen molar-refractivity contribution in [2.24, 2.45) is 0 Å². The standard InChI is InChI=1S/C8H18O4/c1-3-11-8(2,10)12-7-5-4-6-9/h9-10H,3-7H2,1-2H3. The van der Waals surface area contributed by atoms with Crippen molar-refractivity contribution >= 4 is 0 Å². The highest BCUT2D eigenvalue weighted by molar-refractivity contribution is 4.43. The lowest BCUT2D eigenvalue weighted by Gasteiger charge is -2.22. The van der Waals surface area contributed by atoms with E-state index in [4.69, 9.17) is 14.6 Å². The van der Waals surface area contributed by atoms with Gasteiger partial charge in [-0.25, -0.2) is 0 Å². The minimum absolute atomic E-state index is 0.153. The van der Waals surface area contributed by atoms with E-state index in [0.717, 1.165) is 6.42 Å². The summed E-state index contributed by atoms with van der Waals surface area (Å²) in [5, 5.41) is 17.8. The molecule has 0 bridgehead atoms. The van der Waals surface area contributed by atoms with Crippen LogP contribution >= 0.6 is 0 Å². The first-order valence-electron chi connectivity index (χ1n) is 4.23. The molecule has 0 saturated carbocycles. The molecule has 0 aliphatic carbocycles. The van der Waals surface area contributed by atoms with Gasteiger partial charge >= 0.3 is 0 Å². The largest absolute Gasteiger partial charge is 0.396 e. The molecule has 0 rings (SSSR count). The Bertz CT molecular complexity index is 103. The van der Waals surface area contributed by atoms with Crippen molar-refractivity contribution in [3.8, 4) is 0 Å². The lowest BCUT2D eigenvalue weighted by atomic mass is 10.3. The maximum atomic E-state index is 9.31. The third-order valence-electron chi connectivity index (χ3n) is 1.33. The average molecular weight is 178 g/mol. The second kappa shape index (κ2) is 6.37. The van der Waals surface area contributed by atoms with E-state index in [1.165, 1.54) is 6.92 Å². The molecule has 12 heavy (non-hydrogen) atoms. The van der Waals surface area contributed by atoms with Crippen molar-refractivity contribution in [1.82, 2.24) is 0 Å². The van der Waals surface area contributed by atoms with E-state index in [0.29, 0.717) is 19.6 Å². The molecule has 0 radical (unpaired) electrons. The Morgan fingerprint density at radius 1 is 1.25 bits per heavy atom. The van der Waals surface area contributed by atoms with E-state index in [1.807, 2.05) is 0 Å². The Balaban J connectivity index is 3.33. The van der Waals surface area contributed by atoms with Crippen molar-refractivity contribution in [3.63, 3.8) is 0 Å². The molecule has 0 aromatic carbocycles. The second-order valence-corrected chi connectivity index (χ2v) is 2.61. The predicted octanol–water partition coefficient (Wildman–Crippen LogP) is 0.478. The Kier molecular flexibility index (Phi) is 6.28. The second-order valence-electron chi connectivity index (χ2n) is 2.61. The van der Waals surface area contributed by atoms with E-state index in [-0.39, 0.29) is 6.61 Å². The maximum absolute atomic E-state index is 9.31. The van der Waals surface area contributed by atoms with Gasteiger partial charge < -0.3 is 19.7 Å². The van der Waals surface area contributed by atoms with Crippen molar-refractivity contribution in [2.45, 2.75) is 32.7 Å². The van der Waals surface area contributed by atoms with E-state index in [2.05, 4.69) is 0 Å². The fourth-order valence-electron chi connectivity index (χ4n) is 0.785. The Morgan fingerprint density at radius 3 is 2.42 bits per heavy atom. The van der Waals surface area contributed by atoms with E-state index in [9.17, 15) is 5.11 Å². The lowest BCUT2D eigenvalue weighted by Crippen LogP contribution is -2.32. The van der Waals surface area contributed by atoms with Gasteiger partial charge in [-0.15, -0.1) is 0 Å². The van der Waals surface area contributed by atoms with Crippen LogP contribution in [-0.4, -0.2) is 36.0 Å². The van der Waals surface area contributed by atoms with E-state index in [1.54, 1.807) is 6.92 Å². The van der Waals surface area contributed by atoms with Gasteiger partial charge in [0, 0.05) is 20.1 Å². The fourth-order valence-corrected chi connectivity index (χ4v) is 0.785. The van der Waals surface area contributed by atoms with Crippen LogP contribution < -0.4 is 0 Å². The van der Waals surface area contributed by atoms with Crippen LogP contribution in [0.4, 0.5) is 0 Å². The molecule has 0 aliphatic heterocycles. The number of hydrogen-bond acceptors (Lipinski definition) is 4. The summed E-state index contributed by atoms with van der Waals surface area (Å²) in [6, 6.07) is 0. The van der Waals surface area contributed by atoms with Gasteiger partial charge in [0.15, 0.2) is 0 Å². The Labute approximate surface area is 73.1 Å². The third-order valence-corrected chi connectivity index (χ3v) is 1.33. The Morgan fingerprint density at radius 2 is 1.92 bits per heavy atom. The number of ether oxygens (including phenoxy) is 2. The highest BCUT2D eigenvalue weighted by Crippen LogP contribution is 2.08. The quantitative estimate of drug-likeness (QED) is 0.439. The molecule has 0 fully saturated rings. The van der Waals surface area contributed by atoms with E-state index < -0.39 is 5.97 Å². The molecule has 0 aromatic heterocycles. The van der Waals surface area contributed by atoms with Gasteiger partial charge in [-0.1, -0.05) is 0 Å². The fraction of sp³-hybridized carbons (Fsp3) is 1.00. The molecule has 2 N–H and O–H groups in total. The van der Waals surface area contributed by atoms with Gasteiger partial charge in [-0.2, -0.15) is 0 Å². The van der Waals surface area contributed by atoms with Crippen molar-refractivity contribution in [1.29, 1.82) is 0 Å². The molecule has 0 aromatic rings. The van der Waals surface area contributed by atoms with Crippen LogP contribution in [0, 0.1) is 0 Å². The monoisotopic (exact) mass is 178 g/mol. The third kappa shape index (κ3) is 6.54. The maximum Gasteiger partial charge on any atom is 0.277 e. The zero-order valence-electron chi connectivity index (χ0n) is 7.75.